The Labute approximate surface area is 204 Å². The maximum atomic E-state index is 2.75. The normalized spacial score (nSPS) is 14.7. The van der Waals surface area contributed by atoms with Crippen LogP contribution in [-0.2, 0) is 0 Å². The third-order valence-corrected chi connectivity index (χ3v) is 20.9. The molecule has 0 aromatic heterocycles. The number of allylic oxidation sites excluding steroid dienone is 2. The van der Waals surface area contributed by atoms with E-state index in [-0.39, 0.29) is 0 Å². The van der Waals surface area contributed by atoms with Crippen molar-refractivity contribution in [1.29, 1.82) is 0 Å². The molecule has 1 aliphatic heterocycles. The maximum absolute atomic E-state index is 2.75. The standard InChI is InChI=1S/C23H19N.2C4H9.Sn/c1-2-3-6-13-20-14-11-12-19-23(20)24(21-15-7-4-8-16-21)22-17-9-5-10-18-22;2*1-3-4-2;/h1-2,4-12,14-19H,3H2;2*1,3-4H2,2H3;. The first-order valence-corrected chi connectivity index (χ1v) is 19.8. The van der Waals surface area contributed by atoms with E-state index in [2.05, 4.69) is 120 Å². The summed E-state index contributed by atoms with van der Waals surface area (Å²) in [6.07, 6.45) is 11.4. The quantitative estimate of drug-likeness (QED) is 0.231. The molecule has 3 aromatic rings. The average molecular weight is 542 g/mol. The number of unbranched alkanes of at least 4 members (excludes halogenated alkanes) is 2. The molecule has 0 saturated carbocycles. The summed E-state index contributed by atoms with van der Waals surface area (Å²) in [7, 11) is 0. The van der Waals surface area contributed by atoms with E-state index < -0.39 is 18.4 Å². The van der Waals surface area contributed by atoms with Crippen LogP contribution < -0.4 is 4.90 Å². The Hall–Kier alpha value is -2.26. The molecule has 0 radical (unpaired) electrons. The molecule has 0 spiro atoms. The fraction of sp³-hybridized carbons (Fsp3) is 0.290. The van der Waals surface area contributed by atoms with E-state index in [1.807, 2.05) is 0 Å². The molecule has 1 nitrogen and oxygen atoms in total. The second-order valence-corrected chi connectivity index (χ2v) is 21.1. The number of para-hydroxylation sites is 3. The molecule has 3 aromatic carbocycles. The van der Waals surface area contributed by atoms with Crippen molar-refractivity contribution in [3.05, 3.63) is 107 Å². The minimum atomic E-state index is -2.66. The molecule has 0 aliphatic carbocycles. The number of hydrogen-bond donors (Lipinski definition) is 0. The molecule has 2 heteroatoms. The molecule has 33 heavy (non-hydrogen) atoms. The van der Waals surface area contributed by atoms with E-state index in [1.165, 1.54) is 57.2 Å². The van der Waals surface area contributed by atoms with Gasteiger partial charge in [-0.05, 0) is 0 Å². The topological polar surface area (TPSA) is 3.24 Å². The molecule has 0 bridgehead atoms. The summed E-state index contributed by atoms with van der Waals surface area (Å²) in [5, 5.41) is 0. The summed E-state index contributed by atoms with van der Waals surface area (Å²) in [4.78, 5) is 2.45. The molecule has 1 aliphatic rings. The molecule has 0 N–H and O–H groups in total. The van der Waals surface area contributed by atoms with Gasteiger partial charge in [0.05, 0.1) is 0 Å². The van der Waals surface area contributed by atoms with Crippen molar-refractivity contribution >= 4 is 39.0 Å². The van der Waals surface area contributed by atoms with E-state index in [1.54, 1.807) is 3.59 Å². The van der Waals surface area contributed by atoms with Gasteiger partial charge in [-0.15, -0.1) is 0 Å². The summed E-state index contributed by atoms with van der Waals surface area (Å²) < 4.78 is 7.33. The molecule has 0 fully saturated rings. The van der Waals surface area contributed by atoms with Crippen molar-refractivity contribution in [2.24, 2.45) is 0 Å². The van der Waals surface area contributed by atoms with Crippen LogP contribution in [0.15, 0.2) is 101 Å². The van der Waals surface area contributed by atoms with Gasteiger partial charge in [0.2, 0.25) is 0 Å². The number of hydrogen-bond acceptors (Lipinski definition) is 1. The molecule has 1 heterocycles. The summed E-state index contributed by atoms with van der Waals surface area (Å²) in [5.41, 5.74) is 5.19. The van der Waals surface area contributed by atoms with Crippen molar-refractivity contribution < 1.29 is 0 Å². The predicted molar refractivity (Wildman–Crippen MR) is 148 cm³/mol. The summed E-state index contributed by atoms with van der Waals surface area (Å²) in [6, 6.07) is 30.8. The summed E-state index contributed by atoms with van der Waals surface area (Å²) >= 11 is -2.66. The van der Waals surface area contributed by atoms with Crippen molar-refractivity contribution in [2.45, 2.75) is 54.8 Å². The van der Waals surface area contributed by atoms with E-state index in [0.717, 1.165) is 6.42 Å². The Morgan fingerprint density at radius 1 is 0.697 bits per heavy atom. The van der Waals surface area contributed by atoms with Gasteiger partial charge in [-0.25, -0.2) is 0 Å². The van der Waals surface area contributed by atoms with Crippen molar-refractivity contribution in [2.75, 3.05) is 4.90 Å². The van der Waals surface area contributed by atoms with Crippen LogP contribution in [0.1, 0.15) is 51.5 Å². The van der Waals surface area contributed by atoms with Crippen LogP contribution in [-0.4, -0.2) is 18.4 Å². The van der Waals surface area contributed by atoms with Gasteiger partial charge < -0.3 is 0 Å². The van der Waals surface area contributed by atoms with Gasteiger partial charge in [-0.1, -0.05) is 0 Å². The van der Waals surface area contributed by atoms with Gasteiger partial charge in [0.1, 0.15) is 0 Å². The monoisotopic (exact) mass is 543 g/mol. The van der Waals surface area contributed by atoms with Gasteiger partial charge in [0.15, 0.2) is 0 Å². The van der Waals surface area contributed by atoms with Crippen LogP contribution in [0.3, 0.4) is 0 Å². The molecule has 170 valence electrons. The predicted octanol–water partition coefficient (Wildman–Crippen LogP) is 9.63. The molecule has 4 rings (SSSR count). The first-order chi connectivity index (χ1) is 16.3. The van der Waals surface area contributed by atoms with Crippen molar-refractivity contribution in [1.82, 2.24) is 0 Å². The Morgan fingerprint density at radius 2 is 1.24 bits per heavy atom. The number of benzene rings is 3. The zero-order valence-electron chi connectivity index (χ0n) is 20.2. The van der Waals surface area contributed by atoms with Crippen LogP contribution in [0.5, 0.6) is 0 Å². The van der Waals surface area contributed by atoms with Gasteiger partial charge >= 0.3 is 205 Å². The van der Waals surface area contributed by atoms with Crippen molar-refractivity contribution in [3.8, 4) is 0 Å². The first kappa shape index (κ1) is 23.9. The van der Waals surface area contributed by atoms with E-state index in [9.17, 15) is 0 Å². The van der Waals surface area contributed by atoms with Crippen LogP contribution in [0.4, 0.5) is 17.1 Å². The number of anilines is 3. The fourth-order valence-electron chi connectivity index (χ4n) is 5.17. The number of nitrogens with zero attached hydrogens (tertiary/aromatic N) is 1. The first-order valence-electron chi connectivity index (χ1n) is 12.7. The third kappa shape index (κ3) is 5.46. The van der Waals surface area contributed by atoms with E-state index in [0.29, 0.717) is 0 Å². The molecule has 0 unspecified atom stereocenters. The van der Waals surface area contributed by atoms with Crippen LogP contribution in [0, 0.1) is 0 Å². The van der Waals surface area contributed by atoms with Crippen LogP contribution >= 0.6 is 0 Å². The van der Waals surface area contributed by atoms with Gasteiger partial charge in [0, 0.05) is 0 Å². The van der Waals surface area contributed by atoms with Crippen LogP contribution in [0.25, 0.3) is 3.59 Å². The molecular weight excluding hydrogens is 505 g/mol. The Bertz CT molecular complexity index is 1020. The second kappa shape index (κ2) is 11.7. The second-order valence-electron chi connectivity index (χ2n) is 9.14. The molecule has 0 atom stereocenters. The van der Waals surface area contributed by atoms with Crippen molar-refractivity contribution in [3.63, 3.8) is 0 Å². The average Bonchev–Trinajstić information content (AvgIpc) is 2.88. The summed E-state index contributed by atoms with van der Waals surface area (Å²) in [6.45, 7) is 4.69. The van der Waals surface area contributed by atoms with E-state index in [4.69, 9.17) is 0 Å². The fourth-order valence-corrected chi connectivity index (χ4v) is 19.8. The van der Waals surface area contributed by atoms with E-state index >= 15 is 0 Å². The third-order valence-electron chi connectivity index (χ3n) is 6.85. The van der Waals surface area contributed by atoms with Gasteiger partial charge in [-0.2, -0.15) is 0 Å². The molecule has 0 amide bonds. The SMILES string of the molecule is CCC[CH2][Sn]1([CH2]CCC)[CH]=CCC=[C]1c1ccccc1N(c1ccccc1)c1ccccc1. The van der Waals surface area contributed by atoms with Crippen LogP contribution in [0.2, 0.25) is 8.87 Å². The molecule has 0 saturated heterocycles. The zero-order chi connectivity index (χ0) is 22.9. The Balaban J connectivity index is 1.87. The zero-order valence-corrected chi connectivity index (χ0v) is 23.1. The Morgan fingerprint density at radius 3 is 1.82 bits per heavy atom. The Kier molecular flexibility index (Phi) is 8.50. The molecular formula is C31H37NSn. The summed E-state index contributed by atoms with van der Waals surface area (Å²) in [5.74, 6) is 0. The number of rotatable bonds is 10. The minimum absolute atomic E-state index is 1.07. The van der Waals surface area contributed by atoms with Gasteiger partial charge in [0.25, 0.3) is 0 Å². The van der Waals surface area contributed by atoms with Gasteiger partial charge in [-0.3, -0.25) is 0 Å².